The monoisotopic (exact) mass is 598 g/mol. The van der Waals surface area contributed by atoms with E-state index in [0.717, 1.165) is 28.1 Å². The molecule has 1 saturated heterocycles. The summed E-state index contributed by atoms with van der Waals surface area (Å²) >= 11 is 3.43. The Hall–Kier alpha value is -2.05. The second-order valence-electron chi connectivity index (χ2n) is 9.49. The lowest BCUT2D eigenvalue weighted by atomic mass is 9.85. The van der Waals surface area contributed by atoms with Gasteiger partial charge in [-0.1, -0.05) is 45.0 Å². The van der Waals surface area contributed by atoms with Gasteiger partial charge >= 0.3 is 0 Å². The molecule has 2 atom stereocenters. The van der Waals surface area contributed by atoms with Crippen LogP contribution in [0.15, 0.2) is 29.8 Å². The first-order valence-electron chi connectivity index (χ1n) is 11.2. The molecule has 0 aliphatic carbocycles. The first-order chi connectivity index (χ1) is 16.1. The minimum absolute atomic E-state index is 0.172. The van der Waals surface area contributed by atoms with E-state index in [2.05, 4.69) is 15.6 Å². The minimum atomic E-state index is -0.680. The molecule has 3 rings (SSSR count). The van der Waals surface area contributed by atoms with Gasteiger partial charge in [0.2, 0.25) is 17.7 Å². The maximum Gasteiger partial charge on any atom is 0.246 e. The second kappa shape index (κ2) is 11.6. The molecule has 1 aromatic heterocycles. The van der Waals surface area contributed by atoms with Crippen LogP contribution in [0.2, 0.25) is 0 Å². The summed E-state index contributed by atoms with van der Waals surface area (Å²) in [5.41, 5.74) is 4.27. The quantitative estimate of drug-likeness (QED) is 0.450. The van der Waals surface area contributed by atoms with Gasteiger partial charge in [-0.15, -0.1) is 11.3 Å². The molecule has 10 heteroatoms. The van der Waals surface area contributed by atoms with E-state index in [9.17, 15) is 14.4 Å². The Morgan fingerprint density at radius 1 is 1.26 bits per heavy atom. The van der Waals surface area contributed by atoms with Crippen molar-refractivity contribution in [1.82, 2.24) is 20.5 Å². The summed E-state index contributed by atoms with van der Waals surface area (Å²) in [6.07, 6.45) is 1.37. The molecule has 0 radical (unpaired) electrons. The van der Waals surface area contributed by atoms with E-state index in [1.807, 2.05) is 68.0 Å². The van der Waals surface area contributed by atoms with Crippen LogP contribution in [0, 0.1) is 5.41 Å². The van der Waals surface area contributed by atoms with Crippen LogP contribution in [-0.2, 0) is 30.6 Å². The smallest absolute Gasteiger partial charge is 0.246 e. The van der Waals surface area contributed by atoms with E-state index in [0.29, 0.717) is 26.1 Å². The summed E-state index contributed by atoms with van der Waals surface area (Å²) in [5.74, 6) is -0.640. The summed E-state index contributed by atoms with van der Waals surface area (Å²) in [5, 5.41) is 5.75. The summed E-state index contributed by atoms with van der Waals surface area (Å²) in [7, 11) is 0. The molecule has 8 nitrogen and oxygen atoms in total. The van der Waals surface area contributed by atoms with Gasteiger partial charge in [0.15, 0.2) is 0 Å². The number of benzene rings is 1. The Kier molecular flexibility index (Phi) is 9.05. The summed E-state index contributed by atoms with van der Waals surface area (Å²) < 4.78 is 5.18. The molecule has 2 aromatic rings. The van der Waals surface area contributed by atoms with E-state index in [-0.39, 0.29) is 17.7 Å². The van der Waals surface area contributed by atoms with Gasteiger partial charge in [0.05, 0.1) is 16.1 Å². The second-order valence-corrected chi connectivity index (χ2v) is 11.0. The van der Waals surface area contributed by atoms with Crippen LogP contribution >= 0.6 is 34.3 Å². The summed E-state index contributed by atoms with van der Waals surface area (Å²) in [4.78, 5) is 45.0. The fourth-order valence-corrected chi connectivity index (χ4v) is 5.16. The van der Waals surface area contributed by atoms with Gasteiger partial charge < -0.3 is 18.6 Å². The normalized spacial score (nSPS) is 16.9. The zero-order valence-corrected chi connectivity index (χ0v) is 22.9. The molecule has 0 spiro atoms. The first kappa shape index (κ1) is 26.6. The van der Waals surface area contributed by atoms with Crippen molar-refractivity contribution in [1.29, 1.82) is 0 Å². The molecule has 1 aliphatic rings. The van der Waals surface area contributed by atoms with Crippen LogP contribution in [0.4, 0.5) is 0 Å². The number of halogens is 1. The third-order valence-electron chi connectivity index (χ3n) is 5.81. The first-order valence-corrected chi connectivity index (χ1v) is 13.0. The standard InChI is InChI=1S/C24H31IN4O4S/c1-15(30)28-21(24(2,3)4)23(32)29-11-5-6-19(29)22(31)26-12-16-7-9-17(10-8-16)20-18(13-33-25)27-14-34-20/h7-10,14,19,21H,5-6,11-13H2,1-4H3,(H,26,31)(H,28,30)/t19-,21+/m0/s1. The van der Waals surface area contributed by atoms with Gasteiger partial charge in [0.1, 0.15) is 41.7 Å². The van der Waals surface area contributed by atoms with Crippen molar-refractivity contribution in [3.05, 3.63) is 41.0 Å². The van der Waals surface area contributed by atoms with Crippen molar-refractivity contribution in [3.8, 4) is 10.4 Å². The highest BCUT2D eigenvalue weighted by Gasteiger charge is 2.41. The lowest BCUT2D eigenvalue weighted by molar-refractivity contribution is -0.143. The highest BCUT2D eigenvalue weighted by Crippen LogP contribution is 2.29. The highest BCUT2D eigenvalue weighted by molar-refractivity contribution is 14.1. The molecule has 2 heterocycles. The van der Waals surface area contributed by atoms with E-state index in [1.165, 1.54) is 6.92 Å². The molecule has 34 heavy (non-hydrogen) atoms. The molecule has 0 bridgehead atoms. The number of nitrogens with one attached hydrogen (secondary N) is 2. The predicted molar refractivity (Wildman–Crippen MR) is 140 cm³/mol. The molecular formula is C24H31IN4O4S. The average Bonchev–Trinajstić information content (AvgIpc) is 3.45. The largest absolute Gasteiger partial charge is 0.350 e. The van der Waals surface area contributed by atoms with E-state index in [4.69, 9.17) is 3.07 Å². The Morgan fingerprint density at radius 2 is 1.97 bits per heavy atom. The van der Waals surface area contributed by atoms with Crippen LogP contribution in [-0.4, -0.2) is 46.2 Å². The van der Waals surface area contributed by atoms with Crippen LogP contribution in [0.25, 0.3) is 10.4 Å². The summed E-state index contributed by atoms with van der Waals surface area (Å²) in [6.45, 7) is 8.46. The fourth-order valence-electron chi connectivity index (χ4n) is 4.06. The van der Waals surface area contributed by atoms with E-state index in [1.54, 1.807) is 21.7 Å². The van der Waals surface area contributed by atoms with Crippen LogP contribution in [0.5, 0.6) is 0 Å². The minimum Gasteiger partial charge on any atom is -0.350 e. The SMILES string of the molecule is CC(=O)N[C@H](C(=O)N1CCC[C@H]1C(=O)NCc1ccc(-c2scnc2COI)cc1)C(C)(C)C. The maximum atomic E-state index is 13.3. The van der Waals surface area contributed by atoms with Crippen molar-refractivity contribution in [2.75, 3.05) is 6.54 Å². The van der Waals surface area contributed by atoms with Gasteiger partial charge in [0.25, 0.3) is 0 Å². The molecule has 1 aromatic carbocycles. The van der Waals surface area contributed by atoms with Gasteiger partial charge in [-0.05, 0) is 29.4 Å². The van der Waals surface area contributed by atoms with Gasteiger partial charge in [-0.25, -0.2) is 4.98 Å². The van der Waals surface area contributed by atoms with Crippen molar-refractivity contribution in [3.63, 3.8) is 0 Å². The Labute approximate surface area is 218 Å². The van der Waals surface area contributed by atoms with E-state index < -0.39 is 17.5 Å². The van der Waals surface area contributed by atoms with Gasteiger partial charge in [0, 0.05) is 20.0 Å². The Balaban J connectivity index is 1.63. The third-order valence-corrected chi connectivity index (χ3v) is 7.04. The molecule has 184 valence electrons. The molecular weight excluding hydrogens is 567 g/mol. The lowest BCUT2D eigenvalue weighted by Crippen LogP contribution is -2.57. The number of hydrogen-bond donors (Lipinski definition) is 2. The number of rotatable bonds is 8. The summed E-state index contributed by atoms with van der Waals surface area (Å²) in [6, 6.07) is 6.78. The van der Waals surface area contributed by atoms with E-state index >= 15 is 0 Å². The number of carbonyl (C=O) groups is 3. The topological polar surface area (TPSA) is 101 Å². The van der Waals surface area contributed by atoms with Crippen LogP contribution < -0.4 is 10.6 Å². The van der Waals surface area contributed by atoms with Gasteiger partial charge in [-0.3, -0.25) is 14.4 Å². The lowest BCUT2D eigenvalue weighted by Gasteiger charge is -2.35. The van der Waals surface area contributed by atoms with Crippen LogP contribution in [0.1, 0.15) is 51.8 Å². The van der Waals surface area contributed by atoms with Crippen molar-refractivity contribution in [2.45, 2.75) is 65.8 Å². The van der Waals surface area contributed by atoms with Gasteiger partial charge in [-0.2, -0.15) is 0 Å². The number of carbonyl (C=O) groups excluding carboxylic acids is 3. The number of likely N-dealkylation sites (tertiary alicyclic amines) is 1. The zero-order valence-electron chi connectivity index (χ0n) is 19.9. The fraction of sp³-hybridized carbons (Fsp3) is 0.500. The third kappa shape index (κ3) is 6.54. The number of thiazole rings is 1. The average molecular weight is 599 g/mol. The number of amides is 3. The van der Waals surface area contributed by atoms with Crippen molar-refractivity contribution >= 4 is 52.1 Å². The van der Waals surface area contributed by atoms with Crippen molar-refractivity contribution < 1.29 is 17.4 Å². The molecule has 3 amide bonds. The molecule has 2 N–H and O–H groups in total. The number of hydrogen-bond acceptors (Lipinski definition) is 6. The zero-order chi connectivity index (χ0) is 24.9. The molecule has 1 fully saturated rings. The van der Waals surface area contributed by atoms with Crippen molar-refractivity contribution in [2.24, 2.45) is 5.41 Å². The highest BCUT2D eigenvalue weighted by atomic mass is 127. The maximum absolute atomic E-state index is 13.3. The van der Waals surface area contributed by atoms with Crippen LogP contribution in [0.3, 0.4) is 0 Å². The molecule has 0 saturated carbocycles. The Bertz CT molecular complexity index is 1020. The molecule has 1 aliphatic heterocycles. The molecule has 0 unspecified atom stereocenters. The number of aromatic nitrogens is 1. The Morgan fingerprint density at radius 3 is 2.59 bits per heavy atom. The predicted octanol–water partition coefficient (Wildman–Crippen LogP) is 3.83. The number of nitrogens with zero attached hydrogens (tertiary/aromatic N) is 2.